The number of nitrogens with one attached hydrogen (secondary N) is 3. The first-order valence-corrected chi connectivity index (χ1v) is 12.7. The lowest BCUT2D eigenvalue weighted by atomic mass is 10.0. The molecule has 3 N–H and O–H groups in total. The standard InChI is InChI=1S/C28H21ClF2N4O2S/c1-32-19-4-2-5-20(14-19)38-34-28(37)26-25(21-6-3-11-33-27(21)36)22-12-17(29)8-10-24(22)35(26)15-16-7-9-18(30)13-23(16)31/h2-14,32H,15H2,1H3,(H,33,36)(H,34,37). The number of hydrogen-bond acceptors (Lipinski definition) is 4. The summed E-state index contributed by atoms with van der Waals surface area (Å²) in [6.07, 6.45) is 1.50. The zero-order valence-corrected chi connectivity index (χ0v) is 21.6. The molecule has 5 aromatic rings. The van der Waals surface area contributed by atoms with Crippen LogP contribution in [0.5, 0.6) is 0 Å². The first kappa shape index (κ1) is 25.6. The van der Waals surface area contributed by atoms with Crippen molar-refractivity contribution in [2.45, 2.75) is 11.4 Å². The molecule has 5 rings (SSSR count). The van der Waals surface area contributed by atoms with Crippen LogP contribution in [-0.4, -0.2) is 22.5 Å². The van der Waals surface area contributed by atoms with Crippen LogP contribution in [0.3, 0.4) is 0 Å². The molecule has 1 amide bonds. The number of anilines is 1. The molecule has 2 aromatic heterocycles. The summed E-state index contributed by atoms with van der Waals surface area (Å²) in [5.74, 6) is -1.95. The number of aromatic amines is 1. The van der Waals surface area contributed by atoms with Crippen molar-refractivity contribution in [1.29, 1.82) is 0 Å². The predicted molar refractivity (Wildman–Crippen MR) is 148 cm³/mol. The number of rotatable bonds is 7. The highest BCUT2D eigenvalue weighted by molar-refractivity contribution is 7.98. The highest BCUT2D eigenvalue weighted by Gasteiger charge is 2.26. The topological polar surface area (TPSA) is 78.9 Å². The highest BCUT2D eigenvalue weighted by Crippen LogP contribution is 2.36. The summed E-state index contributed by atoms with van der Waals surface area (Å²) in [7, 11) is 1.80. The number of nitrogens with zero attached hydrogens (tertiary/aromatic N) is 1. The van der Waals surface area contributed by atoms with Crippen LogP contribution in [0.2, 0.25) is 5.02 Å². The van der Waals surface area contributed by atoms with Gasteiger partial charge in [0.1, 0.15) is 17.3 Å². The fourth-order valence-electron chi connectivity index (χ4n) is 4.31. The molecule has 0 aliphatic carbocycles. The van der Waals surface area contributed by atoms with Gasteiger partial charge in [0.2, 0.25) is 0 Å². The number of carbonyl (C=O) groups excluding carboxylic acids is 1. The van der Waals surface area contributed by atoms with Crippen LogP contribution >= 0.6 is 23.5 Å². The molecule has 0 saturated carbocycles. The van der Waals surface area contributed by atoms with Gasteiger partial charge in [-0.05, 0) is 66.5 Å². The van der Waals surface area contributed by atoms with E-state index in [1.807, 2.05) is 24.3 Å². The van der Waals surface area contributed by atoms with Gasteiger partial charge >= 0.3 is 0 Å². The van der Waals surface area contributed by atoms with Gasteiger partial charge in [-0.3, -0.25) is 14.3 Å². The van der Waals surface area contributed by atoms with Crippen LogP contribution in [-0.2, 0) is 6.54 Å². The molecule has 6 nitrogen and oxygen atoms in total. The first-order valence-electron chi connectivity index (χ1n) is 11.5. The summed E-state index contributed by atoms with van der Waals surface area (Å²) in [5.41, 5.74) is 1.96. The summed E-state index contributed by atoms with van der Waals surface area (Å²) in [5, 5.41) is 4.00. The van der Waals surface area contributed by atoms with Gasteiger partial charge in [0.15, 0.2) is 0 Å². The molecule has 192 valence electrons. The minimum absolute atomic E-state index is 0.0857. The van der Waals surface area contributed by atoms with Gasteiger partial charge in [0.05, 0.1) is 6.54 Å². The second-order valence-corrected chi connectivity index (χ2v) is 9.75. The minimum atomic E-state index is -0.746. The molecule has 0 aliphatic heterocycles. The van der Waals surface area contributed by atoms with E-state index in [2.05, 4.69) is 15.0 Å². The van der Waals surface area contributed by atoms with Crippen molar-refractivity contribution in [3.05, 3.63) is 117 Å². The first-order chi connectivity index (χ1) is 18.4. The van der Waals surface area contributed by atoms with Gasteiger partial charge in [-0.25, -0.2) is 8.78 Å². The molecule has 0 fully saturated rings. The van der Waals surface area contributed by atoms with E-state index < -0.39 is 23.1 Å². The fourth-order valence-corrected chi connectivity index (χ4v) is 5.12. The smallest absolute Gasteiger partial charge is 0.278 e. The van der Waals surface area contributed by atoms with Crippen LogP contribution in [0.25, 0.3) is 22.0 Å². The number of halogens is 3. The van der Waals surface area contributed by atoms with E-state index in [1.165, 1.54) is 12.3 Å². The third-order valence-corrected chi connectivity index (χ3v) is 7.07. The number of pyridine rings is 1. The monoisotopic (exact) mass is 550 g/mol. The van der Waals surface area contributed by atoms with Gasteiger partial charge < -0.3 is 14.9 Å². The summed E-state index contributed by atoms with van der Waals surface area (Å²) in [4.78, 5) is 30.1. The van der Waals surface area contributed by atoms with Crippen molar-refractivity contribution in [1.82, 2.24) is 14.3 Å². The number of fused-ring (bicyclic) bond motifs is 1. The van der Waals surface area contributed by atoms with E-state index in [-0.39, 0.29) is 23.4 Å². The van der Waals surface area contributed by atoms with Crippen molar-refractivity contribution < 1.29 is 13.6 Å². The van der Waals surface area contributed by atoms with Gasteiger partial charge in [0, 0.05) is 62.5 Å². The summed E-state index contributed by atoms with van der Waals surface area (Å²) in [6, 6.07) is 19.0. The maximum atomic E-state index is 14.7. The predicted octanol–water partition coefficient (Wildman–Crippen LogP) is 6.46. The summed E-state index contributed by atoms with van der Waals surface area (Å²) in [6.45, 7) is -0.0857. The molecule has 0 bridgehead atoms. The van der Waals surface area contributed by atoms with Crippen molar-refractivity contribution in [3.63, 3.8) is 0 Å². The second kappa shape index (κ2) is 10.7. The van der Waals surface area contributed by atoms with Gasteiger partial charge in [-0.1, -0.05) is 23.7 Å². The van der Waals surface area contributed by atoms with Crippen LogP contribution < -0.4 is 15.6 Å². The lowest BCUT2D eigenvalue weighted by molar-refractivity contribution is 0.0977. The van der Waals surface area contributed by atoms with Crippen molar-refractivity contribution in [3.8, 4) is 11.1 Å². The minimum Gasteiger partial charge on any atom is -0.388 e. The normalized spacial score (nSPS) is 11.1. The Kier molecular flexibility index (Phi) is 7.22. The number of amides is 1. The molecule has 2 heterocycles. The van der Waals surface area contributed by atoms with E-state index in [4.69, 9.17) is 11.6 Å². The molecular weight excluding hydrogens is 530 g/mol. The second-order valence-electron chi connectivity index (χ2n) is 8.43. The van der Waals surface area contributed by atoms with Gasteiger partial charge in [-0.2, -0.15) is 0 Å². The molecule has 0 atom stereocenters. The molecule has 0 radical (unpaired) electrons. The number of carbonyl (C=O) groups is 1. The zero-order valence-electron chi connectivity index (χ0n) is 20.0. The zero-order chi connectivity index (χ0) is 26.8. The molecule has 0 unspecified atom stereocenters. The van der Waals surface area contributed by atoms with E-state index >= 15 is 0 Å². The van der Waals surface area contributed by atoms with Gasteiger partial charge in [-0.15, -0.1) is 0 Å². The lowest BCUT2D eigenvalue weighted by Crippen LogP contribution is -2.22. The van der Waals surface area contributed by atoms with E-state index in [0.29, 0.717) is 21.5 Å². The molecule has 38 heavy (non-hydrogen) atoms. The van der Waals surface area contributed by atoms with Crippen molar-refractivity contribution in [2.75, 3.05) is 12.4 Å². The number of hydrogen-bond donors (Lipinski definition) is 3. The van der Waals surface area contributed by atoms with Crippen LogP contribution in [0, 0.1) is 11.6 Å². The maximum absolute atomic E-state index is 14.7. The van der Waals surface area contributed by atoms with Crippen LogP contribution in [0.1, 0.15) is 16.1 Å². The number of aromatic nitrogens is 2. The fraction of sp³-hybridized carbons (Fsp3) is 0.0714. The third kappa shape index (κ3) is 5.03. The SMILES string of the molecule is CNc1cccc(SNC(=O)c2c(-c3ccc[nH]c3=O)c3cc(Cl)ccc3n2Cc2ccc(F)cc2F)c1. The molecule has 3 aromatic carbocycles. The molecule has 10 heteroatoms. The maximum Gasteiger partial charge on any atom is 0.278 e. The van der Waals surface area contributed by atoms with E-state index in [1.54, 1.807) is 41.9 Å². The molecule has 0 spiro atoms. The molecule has 0 saturated heterocycles. The lowest BCUT2D eigenvalue weighted by Gasteiger charge is -2.13. The highest BCUT2D eigenvalue weighted by atomic mass is 35.5. The number of benzene rings is 3. The average molecular weight is 551 g/mol. The van der Waals surface area contributed by atoms with Crippen LogP contribution in [0.4, 0.5) is 14.5 Å². The summed E-state index contributed by atoms with van der Waals surface area (Å²) >= 11 is 7.43. The Labute approximate surface area is 225 Å². The Morgan fingerprint density at radius 3 is 2.66 bits per heavy atom. The van der Waals surface area contributed by atoms with E-state index in [0.717, 1.165) is 34.7 Å². The third-order valence-electron chi connectivity index (χ3n) is 6.06. The van der Waals surface area contributed by atoms with Crippen molar-refractivity contribution >= 4 is 46.0 Å². The largest absolute Gasteiger partial charge is 0.388 e. The Bertz CT molecular complexity index is 1730. The average Bonchev–Trinajstić information content (AvgIpc) is 3.22. The quantitative estimate of drug-likeness (QED) is 0.203. The number of H-pyrrole nitrogens is 1. The molecular formula is C28H21ClF2N4O2S. The van der Waals surface area contributed by atoms with E-state index in [9.17, 15) is 18.4 Å². The Morgan fingerprint density at radius 2 is 1.89 bits per heavy atom. The Balaban J connectivity index is 1.69. The van der Waals surface area contributed by atoms with Crippen LogP contribution in [0.15, 0.2) is 88.7 Å². The van der Waals surface area contributed by atoms with Crippen molar-refractivity contribution in [2.24, 2.45) is 0 Å². The molecule has 0 aliphatic rings. The Hall–Kier alpha value is -4.08. The Morgan fingerprint density at radius 1 is 1.05 bits per heavy atom. The van der Waals surface area contributed by atoms with Gasteiger partial charge in [0.25, 0.3) is 11.5 Å². The summed E-state index contributed by atoms with van der Waals surface area (Å²) < 4.78 is 32.8.